The lowest BCUT2D eigenvalue weighted by atomic mass is 9.99. The van der Waals surface area contributed by atoms with E-state index in [1.807, 2.05) is 72.8 Å². The van der Waals surface area contributed by atoms with Gasteiger partial charge in [-0.2, -0.15) is 5.10 Å². The summed E-state index contributed by atoms with van der Waals surface area (Å²) in [5, 5.41) is 7.88. The molecule has 1 aromatic heterocycles. The highest BCUT2D eigenvalue weighted by Crippen LogP contribution is 2.49. The average Bonchev–Trinajstić information content (AvgIpc) is 3.78. The molecule has 1 fully saturated rings. The Bertz CT molecular complexity index is 1600. The summed E-state index contributed by atoms with van der Waals surface area (Å²) >= 11 is 1.51. The normalized spacial score (nSPS) is 16.4. The zero-order chi connectivity index (χ0) is 29.2. The monoisotopic (exact) mass is 584 g/mol. The fourth-order valence-electron chi connectivity index (χ4n) is 5.16. The molecule has 2 aliphatic rings. The number of nitrogens with one attached hydrogen (secondary N) is 1. The third-order valence-electron chi connectivity index (χ3n) is 7.41. The number of amides is 2. The van der Waals surface area contributed by atoms with Gasteiger partial charge in [-0.25, -0.2) is 4.68 Å². The molecule has 9 nitrogen and oxygen atoms in total. The summed E-state index contributed by atoms with van der Waals surface area (Å²) in [5.74, 6) is 2.32. The number of methoxy groups -OCH3 is 3. The van der Waals surface area contributed by atoms with E-state index in [2.05, 4.69) is 5.32 Å². The number of aromatic nitrogens is 2. The first kappa shape index (κ1) is 27.7. The molecule has 42 heavy (non-hydrogen) atoms. The van der Waals surface area contributed by atoms with Gasteiger partial charge in [-0.15, -0.1) is 11.8 Å². The SMILES string of the molecule is COc1ccc(-n2nc(-c3ccccc3)c3c2N(CC(=O)NC2CC2)C(=O)CS[C@H]3c2ccc(OC)c(OC)c2)cc1. The Hall–Kier alpha value is -4.44. The molecule has 0 spiro atoms. The summed E-state index contributed by atoms with van der Waals surface area (Å²) in [6.45, 7) is -0.0996. The largest absolute Gasteiger partial charge is 0.497 e. The van der Waals surface area contributed by atoms with Crippen LogP contribution in [0, 0.1) is 0 Å². The molecule has 0 bridgehead atoms. The molecule has 2 amide bonds. The van der Waals surface area contributed by atoms with Gasteiger partial charge in [0.1, 0.15) is 18.1 Å². The van der Waals surface area contributed by atoms with E-state index >= 15 is 0 Å². The predicted molar refractivity (Wildman–Crippen MR) is 163 cm³/mol. The van der Waals surface area contributed by atoms with E-state index in [0.717, 1.165) is 40.9 Å². The minimum absolute atomic E-state index is 0.0996. The number of anilines is 1. The number of benzene rings is 3. The molecule has 3 aromatic carbocycles. The number of carbonyl (C=O) groups is 2. The average molecular weight is 585 g/mol. The minimum Gasteiger partial charge on any atom is -0.497 e. The quantitative estimate of drug-likeness (QED) is 0.296. The zero-order valence-corrected chi connectivity index (χ0v) is 24.5. The van der Waals surface area contributed by atoms with Gasteiger partial charge in [-0.1, -0.05) is 36.4 Å². The molecule has 1 N–H and O–H groups in total. The van der Waals surface area contributed by atoms with Gasteiger partial charge in [0.15, 0.2) is 11.5 Å². The Morgan fingerprint density at radius 2 is 1.69 bits per heavy atom. The molecule has 216 valence electrons. The molecule has 0 radical (unpaired) electrons. The molecule has 0 saturated heterocycles. The van der Waals surface area contributed by atoms with Gasteiger partial charge < -0.3 is 19.5 Å². The van der Waals surface area contributed by atoms with E-state index in [1.54, 1.807) is 30.9 Å². The third-order valence-corrected chi connectivity index (χ3v) is 8.66. The van der Waals surface area contributed by atoms with Gasteiger partial charge in [0.2, 0.25) is 11.8 Å². The van der Waals surface area contributed by atoms with Crippen molar-refractivity contribution >= 4 is 29.4 Å². The molecule has 2 heterocycles. The van der Waals surface area contributed by atoms with E-state index < -0.39 is 0 Å². The maximum atomic E-state index is 13.9. The lowest BCUT2D eigenvalue weighted by Gasteiger charge is -2.23. The fraction of sp³-hybridized carbons (Fsp3) is 0.281. The first-order chi connectivity index (χ1) is 20.5. The number of carbonyl (C=O) groups excluding carboxylic acids is 2. The van der Waals surface area contributed by atoms with Crippen LogP contribution in [0.5, 0.6) is 17.2 Å². The summed E-state index contributed by atoms with van der Waals surface area (Å²) < 4.78 is 18.3. The summed E-state index contributed by atoms with van der Waals surface area (Å²) in [4.78, 5) is 28.6. The maximum Gasteiger partial charge on any atom is 0.240 e. The third kappa shape index (κ3) is 5.42. The molecule has 0 unspecified atom stereocenters. The Labute approximate surface area is 248 Å². The summed E-state index contributed by atoms with van der Waals surface area (Å²) in [7, 11) is 4.83. The molecule has 1 aliphatic heterocycles. The highest BCUT2D eigenvalue weighted by molar-refractivity contribution is 8.00. The summed E-state index contributed by atoms with van der Waals surface area (Å²) in [6.07, 6.45) is 1.92. The van der Waals surface area contributed by atoms with Crippen molar-refractivity contribution in [3.05, 3.63) is 83.9 Å². The molecule has 6 rings (SSSR count). The van der Waals surface area contributed by atoms with Crippen LogP contribution in [0.3, 0.4) is 0 Å². The van der Waals surface area contributed by atoms with Crippen molar-refractivity contribution in [1.29, 1.82) is 0 Å². The molecular formula is C32H32N4O5S. The van der Waals surface area contributed by atoms with E-state index in [0.29, 0.717) is 23.1 Å². The highest BCUT2D eigenvalue weighted by atomic mass is 32.2. The van der Waals surface area contributed by atoms with Crippen LogP contribution < -0.4 is 24.4 Å². The number of nitrogens with zero attached hydrogens (tertiary/aromatic N) is 3. The van der Waals surface area contributed by atoms with Gasteiger partial charge in [-0.3, -0.25) is 14.5 Å². The van der Waals surface area contributed by atoms with Gasteiger partial charge in [0.05, 0.1) is 43.7 Å². The summed E-state index contributed by atoms with van der Waals surface area (Å²) in [6, 6.07) is 23.4. The maximum absolute atomic E-state index is 13.9. The smallest absolute Gasteiger partial charge is 0.240 e. The van der Waals surface area contributed by atoms with Gasteiger partial charge in [0.25, 0.3) is 0 Å². The van der Waals surface area contributed by atoms with Crippen LogP contribution in [-0.2, 0) is 9.59 Å². The van der Waals surface area contributed by atoms with Crippen molar-refractivity contribution in [3.8, 4) is 34.2 Å². The van der Waals surface area contributed by atoms with Crippen molar-refractivity contribution in [3.63, 3.8) is 0 Å². The predicted octanol–water partition coefficient (Wildman–Crippen LogP) is 5.01. The minimum atomic E-state index is -0.289. The Kier molecular flexibility index (Phi) is 7.80. The topological polar surface area (TPSA) is 94.9 Å². The van der Waals surface area contributed by atoms with Crippen LogP contribution in [0.1, 0.15) is 29.2 Å². The Morgan fingerprint density at radius 1 is 0.952 bits per heavy atom. The number of ether oxygens (including phenoxy) is 3. The highest BCUT2D eigenvalue weighted by Gasteiger charge is 2.38. The number of rotatable bonds is 9. The molecule has 4 aromatic rings. The van der Waals surface area contributed by atoms with Crippen LogP contribution in [0.2, 0.25) is 0 Å². The van der Waals surface area contributed by atoms with Gasteiger partial charge >= 0.3 is 0 Å². The van der Waals surface area contributed by atoms with Crippen LogP contribution in [-0.4, -0.2) is 61.3 Å². The molecular weight excluding hydrogens is 552 g/mol. The fourth-order valence-corrected chi connectivity index (χ4v) is 6.34. The Morgan fingerprint density at radius 3 is 2.36 bits per heavy atom. The number of hydrogen-bond acceptors (Lipinski definition) is 7. The van der Waals surface area contributed by atoms with Crippen molar-refractivity contribution in [2.45, 2.75) is 24.1 Å². The Balaban J connectivity index is 1.59. The first-order valence-electron chi connectivity index (χ1n) is 13.8. The van der Waals surface area contributed by atoms with E-state index in [-0.39, 0.29) is 35.4 Å². The van der Waals surface area contributed by atoms with E-state index in [4.69, 9.17) is 19.3 Å². The molecule has 1 atom stereocenters. The van der Waals surface area contributed by atoms with Crippen LogP contribution in [0.25, 0.3) is 16.9 Å². The van der Waals surface area contributed by atoms with Crippen LogP contribution >= 0.6 is 11.8 Å². The van der Waals surface area contributed by atoms with Gasteiger partial charge in [0, 0.05) is 17.2 Å². The second-order valence-electron chi connectivity index (χ2n) is 10.2. The second kappa shape index (κ2) is 11.8. The van der Waals surface area contributed by atoms with Crippen molar-refractivity contribution in [2.24, 2.45) is 0 Å². The number of fused-ring (bicyclic) bond motifs is 1. The standard InChI is InChI=1S/C32H32N4O5S/c1-39-24-14-12-23(13-15-24)36-32-29(30(34-36)20-7-5-4-6-8-20)31(21-9-16-25(40-2)26(17-21)41-3)42-19-28(38)35(32)18-27(37)33-22-10-11-22/h4-9,12-17,22,31H,10-11,18-19H2,1-3H3,(H,33,37)/t31-/m0/s1. The number of thioether (sulfide) groups is 1. The van der Waals surface area contributed by atoms with Crippen molar-refractivity contribution in [1.82, 2.24) is 15.1 Å². The van der Waals surface area contributed by atoms with Crippen LogP contribution in [0.15, 0.2) is 72.8 Å². The van der Waals surface area contributed by atoms with E-state index in [9.17, 15) is 9.59 Å². The lowest BCUT2D eigenvalue weighted by Crippen LogP contribution is -2.43. The van der Waals surface area contributed by atoms with Crippen LogP contribution in [0.4, 0.5) is 5.82 Å². The van der Waals surface area contributed by atoms with Gasteiger partial charge in [-0.05, 0) is 54.8 Å². The second-order valence-corrected chi connectivity index (χ2v) is 11.3. The van der Waals surface area contributed by atoms with Crippen molar-refractivity contribution < 1.29 is 23.8 Å². The molecule has 10 heteroatoms. The zero-order valence-electron chi connectivity index (χ0n) is 23.7. The van der Waals surface area contributed by atoms with E-state index in [1.165, 1.54) is 11.8 Å². The summed E-state index contributed by atoms with van der Waals surface area (Å²) in [5.41, 5.74) is 4.16. The van der Waals surface area contributed by atoms with Crippen molar-refractivity contribution in [2.75, 3.05) is 38.5 Å². The first-order valence-corrected chi connectivity index (χ1v) is 14.8. The molecule has 1 saturated carbocycles. The lowest BCUT2D eigenvalue weighted by molar-refractivity contribution is -0.123. The molecule has 1 aliphatic carbocycles. The number of hydrogen-bond donors (Lipinski definition) is 1.